The van der Waals surface area contributed by atoms with Crippen LogP contribution in [0.3, 0.4) is 0 Å². The van der Waals surface area contributed by atoms with Gasteiger partial charge in [-0.25, -0.2) is 0 Å². The first kappa shape index (κ1) is 34.5. The molecule has 0 saturated carbocycles. The van der Waals surface area contributed by atoms with E-state index in [2.05, 4.69) is 110 Å². The zero-order valence-electron chi connectivity index (χ0n) is 23.4. The Morgan fingerprint density at radius 3 is 1.74 bits per heavy atom. The highest BCUT2D eigenvalue weighted by atomic mass is 79.9. The van der Waals surface area contributed by atoms with E-state index < -0.39 is 0 Å². The van der Waals surface area contributed by atoms with Crippen LogP contribution in [0.2, 0.25) is 0 Å². The van der Waals surface area contributed by atoms with Gasteiger partial charge in [0.25, 0.3) is 0 Å². The lowest BCUT2D eigenvalue weighted by Crippen LogP contribution is -2.45. The van der Waals surface area contributed by atoms with Crippen molar-refractivity contribution in [2.24, 2.45) is 0 Å². The smallest absolute Gasteiger partial charge is 0.237 e. The molecule has 0 aliphatic heterocycles. The van der Waals surface area contributed by atoms with Gasteiger partial charge in [-0.1, -0.05) is 31.9 Å². The van der Waals surface area contributed by atoms with Crippen LogP contribution < -0.4 is 20.1 Å². The van der Waals surface area contributed by atoms with Crippen molar-refractivity contribution < 1.29 is 14.3 Å². The Hall–Kier alpha value is -0.690. The average molecular weight is 800 g/mol. The number of amides is 1. The van der Waals surface area contributed by atoms with Crippen LogP contribution in [0.4, 0.5) is 0 Å². The molecule has 0 aromatic heterocycles. The Morgan fingerprint density at radius 1 is 0.795 bits per heavy atom. The van der Waals surface area contributed by atoms with Gasteiger partial charge in [0.05, 0.1) is 29.2 Å². The van der Waals surface area contributed by atoms with Crippen LogP contribution in [0.5, 0.6) is 11.5 Å². The summed E-state index contributed by atoms with van der Waals surface area (Å²) >= 11 is 14.3. The van der Waals surface area contributed by atoms with E-state index in [1.165, 1.54) is 11.1 Å². The number of benzene rings is 2. The molecule has 0 radical (unpaired) electrons. The largest absolute Gasteiger partial charge is 0.496 e. The number of hydrogen-bond donors (Lipinski definition) is 2. The van der Waals surface area contributed by atoms with Gasteiger partial charge < -0.3 is 29.9 Å². The Bertz CT molecular complexity index is 1070. The van der Waals surface area contributed by atoms with Gasteiger partial charge in [-0.05, 0) is 127 Å². The van der Waals surface area contributed by atoms with E-state index in [0.29, 0.717) is 6.54 Å². The predicted molar refractivity (Wildman–Crippen MR) is 174 cm³/mol. The summed E-state index contributed by atoms with van der Waals surface area (Å²) in [4.78, 5) is 17.3. The monoisotopic (exact) mass is 796 g/mol. The first-order valence-electron chi connectivity index (χ1n) is 12.9. The Labute approximate surface area is 267 Å². The number of halogens is 4. The second-order valence-electron chi connectivity index (χ2n) is 9.54. The molecule has 0 bridgehead atoms. The summed E-state index contributed by atoms with van der Waals surface area (Å²) in [6.07, 6.45) is 3.44. The van der Waals surface area contributed by atoms with Crippen LogP contribution in [-0.2, 0) is 17.6 Å². The first-order chi connectivity index (χ1) is 18.6. The van der Waals surface area contributed by atoms with Gasteiger partial charge in [-0.2, -0.15) is 0 Å². The van der Waals surface area contributed by atoms with Crippen LogP contribution in [0.15, 0.2) is 42.2 Å². The topological polar surface area (TPSA) is 66.1 Å². The van der Waals surface area contributed by atoms with Crippen LogP contribution in [-0.4, -0.2) is 89.8 Å². The second kappa shape index (κ2) is 18.0. The maximum Gasteiger partial charge on any atom is 0.237 e. The number of methoxy groups -OCH3 is 2. The molecule has 0 heterocycles. The molecule has 39 heavy (non-hydrogen) atoms. The normalized spacial score (nSPS) is 12.2. The highest BCUT2D eigenvalue weighted by Crippen LogP contribution is 2.32. The van der Waals surface area contributed by atoms with Gasteiger partial charge in [0.15, 0.2) is 0 Å². The molecule has 2 aromatic carbocycles. The maximum atomic E-state index is 12.7. The van der Waals surface area contributed by atoms with Gasteiger partial charge in [0.1, 0.15) is 11.5 Å². The van der Waals surface area contributed by atoms with E-state index in [9.17, 15) is 4.79 Å². The molecule has 0 aliphatic carbocycles. The zero-order valence-corrected chi connectivity index (χ0v) is 29.7. The number of carbonyl (C=O) groups is 1. The maximum absolute atomic E-state index is 12.7. The molecule has 0 fully saturated rings. The third kappa shape index (κ3) is 11.6. The lowest BCUT2D eigenvalue weighted by atomic mass is 10.1. The van der Waals surface area contributed by atoms with Crippen LogP contribution in [0.25, 0.3) is 0 Å². The molecule has 11 heteroatoms. The minimum absolute atomic E-state index is 0.0554. The predicted octanol–water partition coefficient (Wildman–Crippen LogP) is 5.89. The molecule has 0 saturated heterocycles. The second-order valence-corrected chi connectivity index (χ2v) is 13.0. The van der Waals surface area contributed by atoms with Crippen molar-refractivity contribution in [2.75, 3.05) is 68.1 Å². The average Bonchev–Trinajstić information content (AvgIpc) is 2.90. The lowest BCUT2D eigenvalue weighted by molar-refractivity contribution is -0.123. The fourth-order valence-electron chi connectivity index (χ4n) is 4.12. The number of nitrogens with one attached hydrogen (secondary N) is 2. The summed E-state index contributed by atoms with van der Waals surface area (Å²) in [6, 6.07) is 7.95. The molecule has 0 unspecified atom stereocenters. The summed E-state index contributed by atoms with van der Waals surface area (Å²) in [5.41, 5.74) is 2.40. The van der Waals surface area contributed by atoms with E-state index in [1.807, 2.05) is 19.2 Å². The van der Waals surface area contributed by atoms with Gasteiger partial charge in [0, 0.05) is 28.6 Å². The van der Waals surface area contributed by atoms with Gasteiger partial charge in [-0.3, -0.25) is 4.79 Å². The van der Waals surface area contributed by atoms with Crippen LogP contribution in [0.1, 0.15) is 24.0 Å². The number of ether oxygens (including phenoxy) is 2. The van der Waals surface area contributed by atoms with E-state index >= 15 is 0 Å². The third-order valence-corrected chi connectivity index (χ3v) is 9.36. The highest BCUT2D eigenvalue weighted by molar-refractivity contribution is 9.11. The van der Waals surface area contributed by atoms with Crippen LogP contribution >= 0.6 is 63.7 Å². The minimum atomic E-state index is -0.213. The molecular weight excluding hydrogens is 760 g/mol. The summed E-state index contributed by atoms with van der Waals surface area (Å²) in [6.45, 7) is 4.20. The number of carbonyl (C=O) groups excluding carboxylic acids is 1. The van der Waals surface area contributed by atoms with Gasteiger partial charge in [0.2, 0.25) is 5.91 Å². The SMILES string of the molecule is CN[C@@H](CCN(C)CCc1cc(OC)c(Br)cc1Br)C(=O)NCCCN(C)CCc1cc(OC)c(Br)cc1Br. The fourth-order valence-corrected chi connectivity index (χ4v) is 6.83. The summed E-state index contributed by atoms with van der Waals surface area (Å²) in [7, 11) is 9.40. The van der Waals surface area contributed by atoms with E-state index in [4.69, 9.17) is 9.47 Å². The zero-order chi connectivity index (χ0) is 28.9. The Balaban J connectivity index is 1.68. The minimum Gasteiger partial charge on any atom is -0.496 e. The molecule has 2 rings (SSSR count). The molecule has 218 valence electrons. The van der Waals surface area contributed by atoms with Crippen molar-refractivity contribution >= 4 is 69.6 Å². The number of nitrogens with zero attached hydrogens (tertiary/aromatic N) is 2. The van der Waals surface area contributed by atoms with Crippen molar-refractivity contribution in [3.8, 4) is 11.5 Å². The molecule has 0 aliphatic rings. The van der Waals surface area contributed by atoms with Crippen molar-refractivity contribution in [2.45, 2.75) is 31.7 Å². The van der Waals surface area contributed by atoms with Crippen molar-refractivity contribution in [1.82, 2.24) is 20.4 Å². The van der Waals surface area contributed by atoms with Crippen molar-refractivity contribution in [3.63, 3.8) is 0 Å². The van der Waals surface area contributed by atoms with E-state index in [0.717, 1.165) is 81.3 Å². The molecule has 2 aromatic rings. The molecule has 7 nitrogen and oxygen atoms in total. The van der Waals surface area contributed by atoms with Gasteiger partial charge >= 0.3 is 0 Å². The fraction of sp³-hybridized carbons (Fsp3) is 0.536. The van der Waals surface area contributed by atoms with E-state index in [-0.39, 0.29) is 11.9 Å². The van der Waals surface area contributed by atoms with Gasteiger partial charge in [-0.15, -0.1) is 0 Å². The molecule has 1 atom stereocenters. The summed E-state index contributed by atoms with van der Waals surface area (Å²) < 4.78 is 14.8. The lowest BCUT2D eigenvalue weighted by Gasteiger charge is -2.22. The third-order valence-electron chi connectivity index (χ3n) is 6.65. The summed E-state index contributed by atoms with van der Waals surface area (Å²) in [5.74, 6) is 1.72. The Morgan fingerprint density at radius 2 is 1.28 bits per heavy atom. The van der Waals surface area contributed by atoms with Crippen molar-refractivity contribution in [1.29, 1.82) is 0 Å². The first-order valence-corrected chi connectivity index (χ1v) is 16.1. The van der Waals surface area contributed by atoms with Crippen molar-refractivity contribution in [3.05, 3.63) is 53.3 Å². The quantitative estimate of drug-likeness (QED) is 0.195. The number of hydrogen-bond acceptors (Lipinski definition) is 6. The molecule has 2 N–H and O–H groups in total. The number of rotatable bonds is 17. The molecule has 1 amide bonds. The molecule has 0 spiro atoms. The highest BCUT2D eigenvalue weighted by Gasteiger charge is 2.17. The molecular formula is C28H40Br4N4O3. The Kier molecular flexibility index (Phi) is 15.9. The number of likely N-dealkylation sites (N-methyl/N-ethyl adjacent to an activating group) is 3. The van der Waals surface area contributed by atoms with E-state index in [1.54, 1.807) is 14.2 Å². The summed E-state index contributed by atoms with van der Waals surface area (Å²) in [5, 5.41) is 6.27. The standard InChI is InChI=1S/C28H40Br4N4O3/c1-33-25(9-14-36(3)13-8-20-16-27(39-5)24(32)18-22(20)30)28(37)34-10-6-11-35(2)12-7-19-15-26(38-4)23(31)17-21(19)29/h15-18,25,33H,6-14H2,1-5H3,(H,34,37)/t25-/m0/s1. The van der Waals surface area contributed by atoms with Crippen LogP contribution in [0, 0.1) is 0 Å².